The fraction of sp³-hybridized carbons (Fsp3) is 0.500. The van der Waals surface area contributed by atoms with Crippen LogP contribution in [0.5, 0.6) is 0 Å². The lowest BCUT2D eigenvalue weighted by molar-refractivity contribution is 0.480. The molecule has 0 bridgehead atoms. The average molecular weight is 259 g/mol. The van der Waals surface area contributed by atoms with Crippen LogP contribution < -0.4 is 5.32 Å². The maximum absolute atomic E-state index is 13.6. The Balaban J connectivity index is 2.40. The van der Waals surface area contributed by atoms with Gasteiger partial charge in [-0.05, 0) is 31.0 Å². The number of rotatable bonds is 3. The summed E-state index contributed by atoms with van der Waals surface area (Å²) in [7, 11) is -1.34. The van der Waals surface area contributed by atoms with Crippen LogP contribution in [-0.2, 0) is 10.8 Å². The second-order valence-corrected chi connectivity index (χ2v) is 5.66. The highest BCUT2D eigenvalue weighted by molar-refractivity contribution is 7.85. The number of fused-ring (bicyclic) bond motifs is 1. The smallest absolute Gasteiger partial charge is 0.142 e. The highest BCUT2D eigenvalue weighted by atomic mass is 32.2. The molecule has 1 aromatic carbocycles. The molecule has 0 aliphatic carbocycles. The van der Waals surface area contributed by atoms with Gasteiger partial charge in [0, 0.05) is 17.9 Å². The first kappa shape index (κ1) is 12.6. The standard InChI is InChI=1S/C12H15F2NOS/c1-2-4-15-11-3-5-17(16)12-9(11)6-8(13)7-10(12)14/h6-7,11,15H,2-5H2,1H3. The predicted octanol–water partition coefficient (Wildman–Crippen LogP) is 2.52. The summed E-state index contributed by atoms with van der Waals surface area (Å²) in [5.74, 6) is -0.874. The lowest BCUT2D eigenvalue weighted by atomic mass is 10.0. The first-order chi connectivity index (χ1) is 8.13. The van der Waals surface area contributed by atoms with Crippen LogP contribution in [0.1, 0.15) is 31.4 Å². The van der Waals surface area contributed by atoms with Crippen molar-refractivity contribution in [1.82, 2.24) is 5.32 Å². The monoisotopic (exact) mass is 259 g/mol. The van der Waals surface area contributed by atoms with Gasteiger partial charge in [-0.15, -0.1) is 0 Å². The second-order valence-electron chi connectivity index (χ2n) is 4.15. The van der Waals surface area contributed by atoms with E-state index in [1.54, 1.807) is 0 Å². The minimum Gasteiger partial charge on any atom is -0.310 e. The summed E-state index contributed by atoms with van der Waals surface area (Å²) in [4.78, 5) is 0.172. The summed E-state index contributed by atoms with van der Waals surface area (Å²) >= 11 is 0. The van der Waals surface area contributed by atoms with E-state index in [9.17, 15) is 13.0 Å². The third kappa shape index (κ3) is 2.55. The van der Waals surface area contributed by atoms with E-state index >= 15 is 0 Å². The summed E-state index contributed by atoms with van der Waals surface area (Å²) in [5.41, 5.74) is 0.514. The third-order valence-corrected chi connectivity index (χ3v) is 4.37. The molecule has 0 saturated carbocycles. The molecule has 1 heterocycles. The molecule has 17 heavy (non-hydrogen) atoms. The quantitative estimate of drug-likeness (QED) is 0.903. The number of nitrogens with one attached hydrogen (secondary N) is 1. The summed E-state index contributed by atoms with van der Waals surface area (Å²) in [6.07, 6.45) is 1.61. The molecule has 5 heteroatoms. The van der Waals surface area contributed by atoms with E-state index in [-0.39, 0.29) is 10.9 Å². The maximum Gasteiger partial charge on any atom is 0.142 e. The van der Waals surface area contributed by atoms with Crippen molar-refractivity contribution in [3.05, 3.63) is 29.3 Å². The van der Waals surface area contributed by atoms with E-state index in [0.29, 0.717) is 17.7 Å². The molecule has 0 aromatic heterocycles. The Labute approximate surface area is 102 Å². The van der Waals surface area contributed by atoms with Gasteiger partial charge < -0.3 is 5.32 Å². The first-order valence-corrected chi connectivity index (χ1v) is 7.06. The Morgan fingerprint density at radius 2 is 2.24 bits per heavy atom. The zero-order valence-corrected chi connectivity index (χ0v) is 10.4. The molecule has 0 spiro atoms. The molecule has 0 saturated heterocycles. The minimum absolute atomic E-state index is 0.0900. The highest BCUT2D eigenvalue weighted by Crippen LogP contribution is 2.32. The van der Waals surface area contributed by atoms with Gasteiger partial charge in [-0.1, -0.05) is 6.92 Å². The lowest BCUT2D eigenvalue weighted by Gasteiger charge is -2.26. The molecule has 1 aliphatic rings. The van der Waals surface area contributed by atoms with Gasteiger partial charge in [0.05, 0.1) is 15.7 Å². The van der Waals surface area contributed by atoms with Gasteiger partial charge in [-0.2, -0.15) is 0 Å². The van der Waals surface area contributed by atoms with Crippen LogP contribution in [0.2, 0.25) is 0 Å². The Kier molecular flexibility index (Phi) is 3.89. The average Bonchev–Trinajstić information content (AvgIpc) is 2.27. The molecular weight excluding hydrogens is 244 g/mol. The van der Waals surface area contributed by atoms with Gasteiger partial charge in [0.2, 0.25) is 0 Å². The molecule has 1 aliphatic heterocycles. The predicted molar refractivity (Wildman–Crippen MR) is 63.3 cm³/mol. The second kappa shape index (κ2) is 5.23. The van der Waals surface area contributed by atoms with E-state index in [1.807, 2.05) is 6.92 Å². The van der Waals surface area contributed by atoms with Gasteiger partial charge in [0.1, 0.15) is 11.6 Å². The summed E-state index contributed by atoms with van der Waals surface area (Å²) < 4.78 is 38.6. The van der Waals surface area contributed by atoms with Crippen LogP contribution in [0.4, 0.5) is 8.78 Å². The van der Waals surface area contributed by atoms with Crippen molar-refractivity contribution < 1.29 is 13.0 Å². The number of hydrogen-bond acceptors (Lipinski definition) is 2. The molecule has 1 aromatic rings. The van der Waals surface area contributed by atoms with Crippen LogP contribution in [0.15, 0.2) is 17.0 Å². The third-order valence-electron chi connectivity index (χ3n) is 2.87. The number of hydrogen-bond donors (Lipinski definition) is 1. The zero-order valence-electron chi connectivity index (χ0n) is 9.63. The first-order valence-electron chi connectivity index (χ1n) is 5.74. The summed E-state index contributed by atoms with van der Waals surface area (Å²) in [6.45, 7) is 2.82. The molecule has 2 nitrogen and oxygen atoms in total. The fourth-order valence-corrected chi connectivity index (χ4v) is 3.49. The zero-order chi connectivity index (χ0) is 12.4. The van der Waals surface area contributed by atoms with Gasteiger partial charge >= 0.3 is 0 Å². The van der Waals surface area contributed by atoms with Crippen molar-refractivity contribution in [3.63, 3.8) is 0 Å². The largest absolute Gasteiger partial charge is 0.310 e. The van der Waals surface area contributed by atoms with Crippen molar-refractivity contribution in [2.24, 2.45) is 0 Å². The van der Waals surface area contributed by atoms with E-state index in [4.69, 9.17) is 0 Å². The van der Waals surface area contributed by atoms with E-state index in [2.05, 4.69) is 5.32 Å². The van der Waals surface area contributed by atoms with Crippen LogP contribution >= 0.6 is 0 Å². The van der Waals surface area contributed by atoms with Crippen LogP contribution in [-0.4, -0.2) is 16.5 Å². The summed E-state index contributed by atoms with van der Waals surface area (Å²) in [6, 6.07) is 2.01. The highest BCUT2D eigenvalue weighted by Gasteiger charge is 2.28. The molecule has 2 unspecified atom stereocenters. The normalized spacial score (nSPS) is 23.5. The topological polar surface area (TPSA) is 29.1 Å². The molecule has 2 atom stereocenters. The molecule has 1 N–H and O–H groups in total. The molecule has 0 radical (unpaired) electrons. The lowest BCUT2D eigenvalue weighted by Crippen LogP contribution is -2.29. The van der Waals surface area contributed by atoms with Gasteiger partial charge in [0.15, 0.2) is 0 Å². The fourth-order valence-electron chi connectivity index (χ4n) is 2.09. The van der Waals surface area contributed by atoms with E-state index in [0.717, 1.165) is 19.0 Å². The van der Waals surface area contributed by atoms with Gasteiger partial charge in [0.25, 0.3) is 0 Å². The van der Waals surface area contributed by atoms with Crippen LogP contribution in [0.25, 0.3) is 0 Å². The van der Waals surface area contributed by atoms with Crippen molar-refractivity contribution in [2.45, 2.75) is 30.7 Å². The Bertz CT molecular complexity index is 450. The summed E-state index contributed by atoms with van der Waals surface area (Å²) in [5, 5.41) is 3.23. The number of benzene rings is 1. The van der Waals surface area contributed by atoms with Crippen molar-refractivity contribution in [1.29, 1.82) is 0 Å². The van der Waals surface area contributed by atoms with E-state index in [1.165, 1.54) is 6.07 Å². The SMILES string of the molecule is CCCNC1CCS(=O)c2c(F)cc(F)cc21. The van der Waals surface area contributed by atoms with E-state index < -0.39 is 22.4 Å². The molecule has 0 fully saturated rings. The van der Waals surface area contributed by atoms with Gasteiger partial charge in [-0.3, -0.25) is 4.21 Å². The minimum atomic E-state index is -1.34. The molecular formula is C12H15F2NOS. The van der Waals surface area contributed by atoms with Gasteiger partial charge in [-0.25, -0.2) is 8.78 Å². The van der Waals surface area contributed by atoms with Crippen LogP contribution in [0.3, 0.4) is 0 Å². The Morgan fingerprint density at radius 3 is 2.94 bits per heavy atom. The van der Waals surface area contributed by atoms with Crippen molar-refractivity contribution in [2.75, 3.05) is 12.3 Å². The molecule has 0 amide bonds. The van der Waals surface area contributed by atoms with Crippen LogP contribution in [0, 0.1) is 11.6 Å². The van der Waals surface area contributed by atoms with Crippen molar-refractivity contribution in [3.8, 4) is 0 Å². The molecule has 94 valence electrons. The Morgan fingerprint density at radius 1 is 1.47 bits per heavy atom. The maximum atomic E-state index is 13.6. The number of halogens is 2. The van der Waals surface area contributed by atoms with Crippen molar-refractivity contribution >= 4 is 10.8 Å². The molecule has 2 rings (SSSR count). The Hall–Kier alpha value is -0.810.